The Hall–Kier alpha value is -3.74. The normalized spacial score (nSPS) is 14.3. The summed E-state index contributed by atoms with van der Waals surface area (Å²) in [5.74, 6) is 7.32. The largest absolute Gasteiger partial charge is 0.481 e. The molecule has 1 aliphatic rings. The number of aromatic nitrogens is 5. The Labute approximate surface area is 217 Å². The smallest absolute Gasteiger partial charge is 0.303 e. The lowest BCUT2D eigenvalue weighted by Gasteiger charge is -2.09. The molecule has 1 atom stereocenters. The van der Waals surface area contributed by atoms with E-state index in [4.69, 9.17) is 21.7 Å². The number of carboxylic acids is 1. The van der Waals surface area contributed by atoms with E-state index in [1.54, 1.807) is 22.2 Å². The molecule has 0 bridgehead atoms. The van der Waals surface area contributed by atoms with Crippen LogP contribution in [0.3, 0.4) is 0 Å². The van der Waals surface area contributed by atoms with E-state index in [2.05, 4.69) is 38.6 Å². The third-order valence-electron chi connectivity index (χ3n) is 5.96. The number of carboxylic acid groups (broad SMARTS) is 1. The summed E-state index contributed by atoms with van der Waals surface area (Å²) in [6, 6.07) is 7.54. The summed E-state index contributed by atoms with van der Waals surface area (Å²) in [5.41, 5.74) is 4.69. The Kier molecular flexibility index (Phi) is 6.48. The summed E-state index contributed by atoms with van der Waals surface area (Å²) in [4.78, 5) is 16.7. The molecule has 1 aliphatic heterocycles. The van der Waals surface area contributed by atoms with Gasteiger partial charge < -0.3 is 5.11 Å². The van der Waals surface area contributed by atoms with E-state index in [0.29, 0.717) is 18.0 Å². The number of nitrogens with zero attached hydrogens (tertiary/aromatic N) is 6. The molecule has 8 nitrogen and oxygen atoms in total. The predicted molar refractivity (Wildman–Crippen MR) is 139 cm³/mol. The molecule has 1 aromatic carbocycles. The van der Waals surface area contributed by atoms with Crippen molar-refractivity contribution in [2.24, 2.45) is 4.99 Å². The molecule has 5 rings (SSSR count). The minimum absolute atomic E-state index is 0.113. The van der Waals surface area contributed by atoms with Crippen molar-refractivity contribution in [1.29, 1.82) is 0 Å². The molecule has 3 aromatic heterocycles. The van der Waals surface area contributed by atoms with E-state index in [1.807, 2.05) is 44.3 Å². The van der Waals surface area contributed by atoms with Crippen LogP contribution in [0.5, 0.6) is 0 Å². The van der Waals surface area contributed by atoms with Gasteiger partial charge in [-0.3, -0.25) is 19.0 Å². The van der Waals surface area contributed by atoms with E-state index in [9.17, 15) is 4.79 Å². The Morgan fingerprint density at radius 1 is 1.19 bits per heavy atom. The molecule has 0 amide bonds. The minimum atomic E-state index is -0.808. The Bertz CT molecular complexity index is 1550. The quantitative estimate of drug-likeness (QED) is 0.376. The highest BCUT2D eigenvalue weighted by molar-refractivity contribution is 7.15. The second-order valence-corrected chi connectivity index (χ2v) is 10.0. The first-order valence-electron chi connectivity index (χ1n) is 11.5. The minimum Gasteiger partial charge on any atom is -0.481 e. The SMILES string of the molecule is Cc1c(C#Cc2cnn(CCCC(=O)O)c2)sc2c1C(c1ccc(Cl)cc1)=N[C@@H](C)c1nnc(C)n1-2. The topological polar surface area (TPSA) is 98.2 Å². The molecule has 0 fully saturated rings. The lowest BCUT2D eigenvalue weighted by atomic mass is 9.99. The molecule has 4 aromatic rings. The highest BCUT2D eigenvalue weighted by Gasteiger charge is 2.29. The van der Waals surface area contributed by atoms with Crippen molar-refractivity contribution in [1.82, 2.24) is 24.5 Å². The maximum Gasteiger partial charge on any atom is 0.303 e. The second kappa shape index (κ2) is 9.72. The average Bonchev–Trinajstić information content (AvgIpc) is 3.52. The van der Waals surface area contributed by atoms with Crippen molar-refractivity contribution >= 4 is 34.6 Å². The molecule has 36 heavy (non-hydrogen) atoms. The molecule has 10 heteroatoms. The van der Waals surface area contributed by atoms with Gasteiger partial charge >= 0.3 is 5.97 Å². The number of aliphatic imine (C=N–C) groups is 1. The molecular weight excluding hydrogens is 496 g/mol. The van der Waals surface area contributed by atoms with E-state index in [0.717, 1.165) is 49.5 Å². The molecule has 182 valence electrons. The Balaban J connectivity index is 1.56. The maximum atomic E-state index is 10.7. The van der Waals surface area contributed by atoms with E-state index < -0.39 is 5.97 Å². The molecular formula is C26H23ClN6O2S. The summed E-state index contributed by atoms with van der Waals surface area (Å²) in [5, 5.41) is 23.5. The molecule has 0 spiro atoms. The van der Waals surface area contributed by atoms with Gasteiger partial charge in [0.15, 0.2) is 5.82 Å². The second-order valence-electron chi connectivity index (χ2n) is 8.58. The lowest BCUT2D eigenvalue weighted by molar-refractivity contribution is -0.137. The van der Waals surface area contributed by atoms with Crippen LogP contribution in [0.2, 0.25) is 5.02 Å². The highest BCUT2D eigenvalue weighted by Crippen LogP contribution is 2.38. The number of aryl methyl sites for hydroxylation is 2. The molecule has 0 saturated carbocycles. The van der Waals surface area contributed by atoms with Crippen LogP contribution in [0.15, 0.2) is 41.7 Å². The number of halogens is 1. The molecule has 4 heterocycles. The van der Waals surface area contributed by atoms with Crippen LogP contribution in [0.25, 0.3) is 5.00 Å². The highest BCUT2D eigenvalue weighted by atomic mass is 35.5. The summed E-state index contributed by atoms with van der Waals surface area (Å²) in [6.07, 6.45) is 4.17. The summed E-state index contributed by atoms with van der Waals surface area (Å²) in [7, 11) is 0. The summed E-state index contributed by atoms with van der Waals surface area (Å²) >= 11 is 7.75. The van der Waals surface area contributed by atoms with Gasteiger partial charge in [0, 0.05) is 35.3 Å². The zero-order valence-electron chi connectivity index (χ0n) is 20.0. The average molecular weight is 519 g/mol. The van der Waals surface area contributed by atoms with E-state index in [-0.39, 0.29) is 12.5 Å². The van der Waals surface area contributed by atoms with E-state index >= 15 is 0 Å². The van der Waals surface area contributed by atoms with Crippen molar-refractivity contribution in [2.75, 3.05) is 0 Å². The number of hydrogen-bond donors (Lipinski definition) is 1. The molecule has 0 saturated heterocycles. The fourth-order valence-corrected chi connectivity index (χ4v) is 5.51. The first kappa shape index (κ1) is 24.0. The van der Waals surface area contributed by atoms with Gasteiger partial charge in [-0.25, -0.2) is 0 Å². The Morgan fingerprint density at radius 2 is 1.97 bits per heavy atom. The van der Waals surface area contributed by atoms with Gasteiger partial charge in [0.2, 0.25) is 0 Å². The van der Waals surface area contributed by atoms with Gasteiger partial charge in [-0.05, 0) is 44.9 Å². The molecule has 0 aliphatic carbocycles. The molecule has 1 N–H and O–H groups in total. The van der Waals surface area contributed by atoms with Crippen LogP contribution in [0.1, 0.15) is 64.6 Å². The van der Waals surface area contributed by atoms with Crippen molar-refractivity contribution in [3.05, 3.63) is 80.5 Å². The van der Waals surface area contributed by atoms with Crippen molar-refractivity contribution in [2.45, 2.75) is 46.2 Å². The predicted octanol–water partition coefficient (Wildman–Crippen LogP) is 4.97. The number of benzene rings is 1. The van der Waals surface area contributed by atoms with Gasteiger partial charge in [0.25, 0.3) is 0 Å². The number of hydrogen-bond acceptors (Lipinski definition) is 6. The number of carbonyl (C=O) groups is 1. The monoisotopic (exact) mass is 518 g/mol. The zero-order chi connectivity index (χ0) is 25.4. The first-order valence-corrected chi connectivity index (χ1v) is 12.7. The number of thiophene rings is 1. The standard InChI is InChI=1S/C26H23ClN6O2S/c1-15-21(11-6-18-13-28-32(14-18)12-4-5-22(34)35)36-26-23(15)24(19-7-9-20(27)10-8-19)29-16(2)25-31-30-17(3)33(25)26/h7-10,13-14,16H,4-5,12H2,1-3H3,(H,34,35)/t16-/m0/s1. The van der Waals surface area contributed by atoms with Crippen LogP contribution in [-0.2, 0) is 11.3 Å². The molecule has 0 unspecified atom stereocenters. The number of aliphatic carboxylic acids is 1. The van der Waals surface area contributed by atoms with Crippen LogP contribution < -0.4 is 0 Å². The zero-order valence-corrected chi connectivity index (χ0v) is 21.6. The number of fused-ring (bicyclic) bond motifs is 3. The molecule has 0 radical (unpaired) electrons. The lowest BCUT2D eigenvalue weighted by Crippen LogP contribution is -2.07. The fourth-order valence-electron chi connectivity index (χ4n) is 4.17. The Morgan fingerprint density at radius 3 is 2.72 bits per heavy atom. The van der Waals surface area contributed by atoms with Crippen molar-refractivity contribution in [3.63, 3.8) is 0 Å². The fraction of sp³-hybridized carbons (Fsp3) is 0.269. The maximum absolute atomic E-state index is 10.7. The van der Waals surface area contributed by atoms with Gasteiger partial charge in [-0.2, -0.15) is 5.10 Å². The summed E-state index contributed by atoms with van der Waals surface area (Å²) < 4.78 is 3.80. The third kappa shape index (κ3) is 4.57. The van der Waals surface area contributed by atoms with Crippen LogP contribution in [0, 0.1) is 25.7 Å². The van der Waals surface area contributed by atoms with Gasteiger partial charge in [-0.1, -0.05) is 35.6 Å². The van der Waals surface area contributed by atoms with E-state index in [1.165, 1.54) is 0 Å². The van der Waals surface area contributed by atoms with Crippen molar-refractivity contribution in [3.8, 4) is 16.8 Å². The van der Waals surface area contributed by atoms with Crippen molar-refractivity contribution < 1.29 is 9.90 Å². The van der Waals surface area contributed by atoms with Gasteiger partial charge in [0.05, 0.1) is 22.3 Å². The van der Waals surface area contributed by atoms with Gasteiger partial charge in [0.1, 0.15) is 16.9 Å². The van der Waals surface area contributed by atoms with Crippen LogP contribution in [0.4, 0.5) is 0 Å². The first-order chi connectivity index (χ1) is 17.3. The third-order valence-corrected chi connectivity index (χ3v) is 7.41. The van der Waals surface area contributed by atoms with Gasteiger partial charge in [-0.15, -0.1) is 21.5 Å². The van der Waals surface area contributed by atoms with Crippen LogP contribution in [-0.4, -0.2) is 41.3 Å². The summed E-state index contributed by atoms with van der Waals surface area (Å²) in [6.45, 7) is 6.57. The van der Waals surface area contributed by atoms with Crippen LogP contribution >= 0.6 is 22.9 Å². The number of rotatable bonds is 5.